The lowest BCUT2D eigenvalue weighted by Crippen LogP contribution is -2.18. The molecule has 84 valence electrons. The Bertz CT molecular complexity index is 454. The fourth-order valence-electron chi connectivity index (χ4n) is 1.31. The maximum absolute atomic E-state index is 5.55. The van der Waals surface area contributed by atoms with Crippen molar-refractivity contribution in [3.63, 3.8) is 0 Å². The molecule has 0 fully saturated rings. The Morgan fingerprint density at radius 1 is 1.25 bits per heavy atom. The number of hydrogen-bond donors (Lipinski definition) is 0. The molecule has 16 heavy (non-hydrogen) atoms. The van der Waals surface area contributed by atoms with Crippen LogP contribution in [0.25, 0.3) is 0 Å². The molecule has 0 amide bonds. The van der Waals surface area contributed by atoms with Crippen molar-refractivity contribution in [1.29, 1.82) is 0 Å². The zero-order valence-electron chi connectivity index (χ0n) is 9.83. The van der Waals surface area contributed by atoms with Crippen molar-refractivity contribution in [2.75, 3.05) is 13.2 Å². The minimum absolute atomic E-state index is 0.560. The Morgan fingerprint density at radius 2 is 2.00 bits per heavy atom. The highest BCUT2D eigenvalue weighted by atomic mass is 28.3. The summed E-state index contributed by atoms with van der Waals surface area (Å²) in [5.41, 5.74) is 4.20. The van der Waals surface area contributed by atoms with Crippen LogP contribution in [-0.2, 0) is 0 Å². The molecule has 0 atom stereocenters. The number of aromatic nitrogens is 1. The zero-order valence-corrected chi connectivity index (χ0v) is 10.8. The smallest absolute Gasteiger partial charge is 0.258 e. The molecular weight excluding hydrogens is 218 g/mol. The van der Waals surface area contributed by atoms with Crippen molar-refractivity contribution >= 4 is 8.07 Å². The van der Waals surface area contributed by atoms with Gasteiger partial charge in [-0.3, -0.25) is 0 Å². The van der Waals surface area contributed by atoms with E-state index < -0.39 is 8.07 Å². The first-order chi connectivity index (χ1) is 7.56. The third-order valence-corrected chi connectivity index (χ3v) is 2.89. The van der Waals surface area contributed by atoms with Gasteiger partial charge in [-0.15, -0.1) is 5.54 Å². The van der Waals surface area contributed by atoms with Crippen molar-refractivity contribution < 1.29 is 9.47 Å². The fourth-order valence-corrected chi connectivity index (χ4v) is 1.82. The molecule has 0 aromatic carbocycles. The van der Waals surface area contributed by atoms with Gasteiger partial charge < -0.3 is 9.47 Å². The van der Waals surface area contributed by atoms with Crippen molar-refractivity contribution in [2.45, 2.75) is 19.6 Å². The molecule has 2 rings (SSSR count). The predicted octanol–water partition coefficient (Wildman–Crippen LogP) is 2.08. The highest BCUT2D eigenvalue weighted by Gasteiger charge is 2.16. The lowest BCUT2D eigenvalue weighted by Gasteiger charge is -2.17. The topological polar surface area (TPSA) is 31.4 Å². The maximum Gasteiger partial charge on any atom is 0.258 e. The van der Waals surface area contributed by atoms with E-state index in [1.807, 2.05) is 6.07 Å². The summed E-state index contributed by atoms with van der Waals surface area (Å²) in [4.78, 5) is 4.12. The quantitative estimate of drug-likeness (QED) is 0.508. The summed E-state index contributed by atoms with van der Waals surface area (Å²) in [6, 6.07) is 1.88. The average Bonchev–Trinajstić information content (AvgIpc) is 2.25. The van der Waals surface area contributed by atoms with Gasteiger partial charge in [-0.05, 0) is 6.07 Å². The van der Waals surface area contributed by atoms with Gasteiger partial charge in [0.1, 0.15) is 21.3 Å². The Balaban J connectivity index is 2.37. The predicted molar refractivity (Wildman–Crippen MR) is 65.5 cm³/mol. The molecule has 1 aliphatic rings. The van der Waals surface area contributed by atoms with Crippen molar-refractivity contribution in [2.24, 2.45) is 0 Å². The van der Waals surface area contributed by atoms with Gasteiger partial charge in [0.15, 0.2) is 5.75 Å². The summed E-state index contributed by atoms with van der Waals surface area (Å²) >= 11 is 0. The van der Waals surface area contributed by atoms with Gasteiger partial charge in [0.25, 0.3) is 5.88 Å². The van der Waals surface area contributed by atoms with Gasteiger partial charge in [-0.25, -0.2) is 4.98 Å². The molecule has 4 heteroatoms. The van der Waals surface area contributed by atoms with E-state index in [1.165, 1.54) is 0 Å². The van der Waals surface area contributed by atoms with Crippen LogP contribution in [0.5, 0.6) is 11.6 Å². The SMILES string of the molecule is C[Si](C)(C)C#Cc1ccnc2c1OCCO2. The Labute approximate surface area is 96.8 Å². The summed E-state index contributed by atoms with van der Waals surface area (Å²) in [6.07, 6.45) is 1.71. The summed E-state index contributed by atoms with van der Waals surface area (Å²) in [5, 5.41) is 0. The molecular formula is C12H15NO2Si. The normalized spacial score (nSPS) is 13.9. The van der Waals surface area contributed by atoms with Gasteiger partial charge in [0.05, 0.1) is 5.56 Å². The van der Waals surface area contributed by atoms with Gasteiger partial charge in [-0.1, -0.05) is 25.6 Å². The summed E-state index contributed by atoms with van der Waals surface area (Å²) in [7, 11) is -1.36. The van der Waals surface area contributed by atoms with Crippen LogP contribution in [-0.4, -0.2) is 26.3 Å². The minimum atomic E-state index is -1.36. The summed E-state index contributed by atoms with van der Waals surface area (Å²) in [5.74, 6) is 4.44. The molecule has 0 bridgehead atoms. The van der Waals surface area contributed by atoms with Crippen LogP contribution in [0.4, 0.5) is 0 Å². The lowest BCUT2D eigenvalue weighted by atomic mass is 10.2. The third-order valence-electron chi connectivity index (χ3n) is 2.01. The van der Waals surface area contributed by atoms with E-state index in [9.17, 15) is 0 Å². The van der Waals surface area contributed by atoms with Gasteiger partial charge in [0.2, 0.25) is 0 Å². The number of hydrogen-bond acceptors (Lipinski definition) is 3. The number of rotatable bonds is 0. The largest absolute Gasteiger partial charge is 0.483 e. The number of fused-ring (bicyclic) bond motifs is 1. The van der Waals surface area contributed by atoms with E-state index >= 15 is 0 Å². The van der Waals surface area contributed by atoms with Crippen LogP contribution in [0.15, 0.2) is 12.3 Å². The highest BCUT2D eigenvalue weighted by molar-refractivity contribution is 6.83. The molecule has 0 aliphatic carbocycles. The zero-order chi connectivity index (χ0) is 11.6. The molecule has 0 saturated carbocycles. The second kappa shape index (κ2) is 4.18. The van der Waals surface area contributed by atoms with Crippen molar-refractivity contribution in [1.82, 2.24) is 4.98 Å². The van der Waals surface area contributed by atoms with Crippen LogP contribution >= 0.6 is 0 Å². The van der Waals surface area contributed by atoms with Gasteiger partial charge in [-0.2, -0.15) is 0 Å². The second-order valence-electron chi connectivity index (χ2n) is 4.69. The molecule has 1 aromatic heterocycles. The molecule has 3 nitrogen and oxygen atoms in total. The first kappa shape index (κ1) is 11.0. The number of ether oxygens (including phenoxy) is 2. The first-order valence-electron chi connectivity index (χ1n) is 5.34. The van der Waals surface area contributed by atoms with E-state index in [0.29, 0.717) is 24.8 Å². The van der Waals surface area contributed by atoms with E-state index in [4.69, 9.17) is 9.47 Å². The lowest BCUT2D eigenvalue weighted by molar-refractivity contribution is 0.164. The van der Waals surface area contributed by atoms with E-state index in [2.05, 4.69) is 36.1 Å². The maximum atomic E-state index is 5.55. The van der Waals surface area contributed by atoms with E-state index in [-0.39, 0.29) is 0 Å². The fraction of sp³-hybridized carbons (Fsp3) is 0.417. The molecule has 1 aliphatic heterocycles. The van der Waals surface area contributed by atoms with Crippen molar-refractivity contribution in [3.05, 3.63) is 17.8 Å². The number of nitrogens with zero attached hydrogens (tertiary/aromatic N) is 1. The molecule has 2 heterocycles. The second-order valence-corrected chi connectivity index (χ2v) is 9.44. The van der Waals surface area contributed by atoms with Gasteiger partial charge in [0, 0.05) is 6.20 Å². The van der Waals surface area contributed by atoms with E-state index in [0.717, 1.165) is 5.56 Å². The summed E-state index contributed by atoms with van der Waals surface area (Å²) < 4.78 is 10.9. The highest BCUT2D eigenvalue weighted by Crippen LogP contribution is 2.30. The Hall–Kier alpha value is -1.47. The number of pyridine rings is 1. The van der Waals surface area contributed by atoms with Crippen LogP contribution in [0.3, 0.4) is 0 Å². The molecule has 0 radical (unpaired) electrons. The standard InChI is InChI=1S/C12H15NO2Si/c1-16(2,3)9-5-10-4-6-13-12-11(10)14-7-8-15-12/h4,6H,7-8H2,1-3H3. The molecule has 0 unspecified atom stereocenters. The van der Waals surface area contributed by atoms with Crippen molar-refractivity contribution in [3.8, 4) is 23.1 Å². The molecule has 1 aromatic rings. The van der Waals surface area contributed by atoms with Crippen LogP contribution in [0.2, 0.25) is 19.6 Å². The molecule has 0 N–H and O–H groups in total. The monoisotopic (exact) mass is 233 g/mol. The Kier molecular flexibility index (Phi) is 2.88. The van der Waals surface area contributed by atoms with Crippen LogP contribution in [0, 0.1) is 11.5 Å². The van der Waals surface area contributed by atoms with E-state index in [1.54, 1.807) is 6.20 Å². The van der Waals surface area contributed by atoms with Gasteiger partial charge >= 0.3 is 0 Å². The molecule has 0 saturated heterocycles. The van der Waals surface area contributed by atoms with Crippen LogP contribution in [0.1, 0.15) is 5.56 Å². The molecule has 0 spiro atoms. The first-order valence-corrected chi connectivity index (χ1v) is 8.84. The minimum Gasteiger partial charge on any atom is -0.483 e. The third kappa shape index (κ3) is 2.55. The Morgan fingerprint density at radius 3 is 2.75 bits per heavy atom. The summed E-state index contributed by atoms with van der Waals surface area (Å²) in [6.45, 7) is 7.77. The average molecular weight is 233 g/mol. The van der Waals surface area contributed by atoms with Crippen LogP contribution < -0.4 is 9.47 Å².